The maximum atomic E-state index is 15.4. The second-order valence-electron chi connectivity index (χ2n) is 9.10. The molecule has 1 unspecified atom stereocenters. The predicted molar refractivity (Wildman–Crippen MR) is 132 cm³/mol. The summed E-state index contributed by atoms with van der Waals surface area (Å²) in [4.78, 5) is 20.6. The Morgan fingerprint density at radius 3 is 2.94 bits per heavy atom. The second-order valence-corrected chi connectivity index (χ2v) is 9.10. The number of fused-ring (bicyclic) bond motifs is 3. The van der Waals surface area contributed by atoms with Gasteiger partial charge < -0.3 is 26.2 Å². The number of ether oxygens (including phenoxy) is 1. The van der Waals surface area contributed by atoms with Crippen LogP contribution in [0.1, 0.15) is 16.8 Å². The van der Waals surface area contributed by atoms with Crippen LogP contribution in [0, 0.1) is 12.7 Å². The Hall–Kier alpha value is -4.25. The van der Waals surface area contributed by atoms with Gasteiger partial charge >= 0.3 is 0 Å². The minimum absolute atomic E-state index is 0.00493. The Morgan fingerprint density at radius 1 is 1.22 bits per heavy atom. The number of carbonyl (C=O) groups is 1. The standard InChI is InChI=1S/C25H24FN7O3/c1-12-16-7-15(34)11-36-25(16)30-8-18(12)17-4-13-5-20(29-9-19(13)24(27)23(17)26)31-21-6-14-2-3-28-22(35)10-33(14)32-21/h4-6,8-9,15,34H,2-3,7,10-11,27H2,1H3,(H,28,35)(H,29,31,32). The van der Waals surface area contributed by atoms with Crippen LogP contribution in [0.3, 0.4) is 0 Å². The van der Waals surface area contributed by atoms with E-state index in [0.29, 0.717) is 58.8 Å². The molecule has 36 heavy (non-hydrogen) atoms. The van der Waals surface area contributed by atoms with Gasteiger partial charge in [-0.15, -0.1) is 0 Å². The average molecular weight is 490 g/mol. The van der Waals surface area contributed by atoms with E-state index in [2.05, 4.69) is 25.7 Å². The van der Waals surface area contributed by atoms with Crippen molar-refractivity contribution in [1.82, 2.24) is 25.1 Å². The molecule has 5 N–H and O–H groups in total. The number of rotatable bonds is 3. The SMILES string of the molecule is Cc1c(-c2cc3cc(Nc4cc5n(n4)CC(=O)NCC5)ncc3c(N)c2F)cnc2c1CC(O)CO2. The van der Waals surface area contributed by atoms with Crippen molar-refractivity contribution in [2.24, 2.45) is 0 Å². The van der Waals surface area contributed by atoms with E-state index in [1.54, 1.807) is 23.0 Å². The van der Waals surface area contributed by atoms with Crippen LogP contribution in [0.5, 0.6) is 5.88 Å². The fourth-order valence-electron chi connectivity index (χ4n) is 4.80. The summed E-state index contributed by atoms with van der Waals surface area (Å²) < 4.78 is 22.6. The zero-order valence-corrected chi connectivity index (χ0v) is 19.5. The molecule has 0 spiro atoms. The fraction of sp³-hybridized carbons (Fsp3) is 0.280. The Morgan fingerprint density at radius 2 is 2.08 bits per heavy atom. The topological polar surface area (TPSA) is 140 Å². The van der Waals surface area contributed by atoms with E-state index >= 15 is 4.39 Å². The minimum atomic E-state index is -0.633. The number of anilines is 3. The third kappa shape index (κ3) is 3.77. The van der Waals surface area contributed by atoms with Crippen LogP contribution in [-0.2, 0) is 24.2 Å². The molecule has 2 aliphatic heterocycles. The van der Waals surface area contributed by atoms with E-state index < -0.39 is 11.9 Å². The van der Waals surface area contributed by atoms with E-state index in [-0.39, 0.29) is 24.7 Å². The second kappa shape index (κ2) is 8.45. The van der Waals surface area contributed by atoms with Crippen LogP contribution in [-0.4, -0.2) is 50.0 Å². The van der Waals surface area contributed by atoms with Crippen molar-refractivity contribution in [1.29, 1.82) is 0 Å². The van der Waals surface area contributed by atoms with Gasteiger partial charge in [0, 0.05) is 65.6 Å². The van der Waals surface area contributed by atoms with Gasteiger partial charge in [0.1, 0.15) is 19.0 Å². The molecule has 0 radical (unpaired) electrons. The molecule has 10 nitrogen and oxygen atoms in total. The van der Waals surface area contributed by atoms with Crippen LogP contribution in [0.25, 0.3) is 21.9 Å². The minimum Gasteiger partial charge on any atom is -0.475 e. The molecule has 184 valence electrons. The fourth-order valence-corrected chi connectivity index (χ4v) is 4.80. The van der Waals surface area contributed by atoms with E-state index in [1.165, 1.54) is 6.20 Å². The lowest BCUT2D eigenvalue weighted by molar-refractivity contribution is -0.121. The molecular formula is C25H24FN7O3. The molecule has 3 aromatic heterocycles. The number of benzene rings is 1. The summed E-state index contributed by atoms with van der Waals surface area (Å²) in [5.41, 5.74) is 9.56. The summed E-state index contributed by atoms with van der Waals surface area (Å²) in [5.74, 6) is 0.903. The number of carbonyl (C=O) groups excluding carboxylic acids is 1. The van der Waals surface area contributed by atoms with E-state index in [4.69, 9.17) is 10.5 Å². The normalized spacial score (nSPS) is 17.1. The Bertz CT molecular complexity index is 1530. The van der Waals surface area contributed by atoms with Crippen molar-refractivity contribution >= 4 is 34.0 Å². The van der Waals surface area contributed by atoms with Gasteiger partial charge in [-0.1, -0.05) is 0 Å². The highest BCUT2D eigenvalue weighted by Gasteiger charge is 2.24. The van der Waals surface area contributed by atoms with Gasteiger partial charge in [0.15, 0.2) is 11.6 Å². The third-order valence-corrected chi connectivity index (χ3v) is 6.68. The van der Waals surface area contributed by atoms with Crippen molar-refractivity contribution in [3.05, 3.63) is 53.2 Å². The molecule has 4 aromatic rings. The molecule has 11 heteroatoms. The molecule has 0 saturated carbocycles. The Balaban J connectivity index is 1.38. The number of hydrogen-bond donors (Lipinski definition) is 4. The van der Waals surface area contributed by atoms with Crippen molar-refractivity contribution in [2.75, 3.05) is 24.2 Å². The molecule has 1 atom stereocenters. The molecular weight excluding hydrogens is 465 g/mol. The summed E-state index contributed by atoms with van der Waals surface area (Å²) in [7, 11) is 0. The molecule has 0 saturated heterocycles. The number of nitrogens with two attached hydrogens (primary N) is 1. The van der Waals surface area contributed by atoms with E-state index in [9.17, 15) is 9.90 Å². The number of aliphatic hydroxyl groups is 1. The van der Waals surface area contributed by atoms with E-state index in [1.807, 2.05) is 13.0 Å². The first-order chi connectivity index (χ1) is 17.4. The van der Waals surface area contributed by atoms with Gasteiger partial charge in [-0.2, -0.15) is 5.10 Å². The number of nitrogens with one attached hydrogen (secondary N) is 2. The monoisotopic (exact) mass is 489 g/mol. The van der Waals surface area contributed by atoms with Crippen LogP contribution < -0.4 is 21.1 Å². The smallest absolute Gasteiger partial charge is 0.241 e. The summed E-state index contributed by atoms with van der Waals surface area (Å²) in [6, 6.07) is 5.38. The Kier molecular flexibility index (Phi) is 5.22. The molecule has 0 bridgehead atoms. The highest BCUT2D eigenvalue weighted by atomic mass is 19.1. The molecule has 6 rings (SSSR count). The predicted octanol–water partition coefficient (Wildman–Crippen LogP) is 2.23. The van der Waals surface area contributed by atoms with Gasteiger partial charge in [-0.3, -0.25) is 9.48 Å². The number of nitrogen functional groups attached to an aromatic ring is 1. The van der Waals surface area contributed by atoms with Crippen molar-refractivity contribution in [3.8, 4) is 17.0 Å². The number of halogens is 1. The number of amides is 1. The zero-order chi connectivity index (χ0) is 25.0. The summed E-state index contributed by atoms with van der Waals surface area (Å²) in [6.07, 6.45) is 3.54. The quantitative estimate of drug-likeness (QED) is 0.321. The lowest BCUT2D eigenvalue weighted by atomic mass is 9.93. The van der Waals surface area contributed by atoms with Gasteiger partial charge in [-0.25, -0.2) is 14.4 Å². The van der Waals surface area contributed by atoms with Gasteiger partial charge in [0.05, 0.1) is 11.8 Å². The number of aliphatic hydroxyl groups excluding tert-OH is 1. The largest absolute Gasteiger partial charge is 0.475 e. The maximum Gasteiger partial charge on any atom is 0.241 e. The van der Waals surface area contributed by atoms with Gasteiger partial charge in [0.25, 0.3) is 0 Å². The summed E-state index contributed by atoms with van der Waals surface area (Å²) in [5, 5.41) is 21.7. The van der Waals surface area contributed by atoms with Crippen LogP contribution >= 0.6 is 0 Å². The highest BCUT2D eigenvalue weighted by Crippen LogP contribution is 2.38. The maximum absolute atomic E-state index is 15.4. The summed E-state index contributed by atoms with van der Waals surface area (Å²) in [6.45, 7) is 2.77. The number of aromatic nitrogens is 4. The molecule has 2 aliphatic rings. The first kappa shape index (κ1) is 22.2. The summed E-state index contributed by atoms with van der Waals surface area (Å²) >= 11 is 0. The lowest BCUT2D eigenvalue weighted by Gasteiger charge is -2.23. The highest BCUT2D eigenvalue weighted by molar-refractivity contribution is 5.98. The van der Waals surface area contributed by atoms with Gasteiger partial charge in [-0.05, 0) is 30.0 Å². The molecule has 1 amide bonds. The molecule has 5 heterocycles. The Labute approximate surface area is 205 Å². The average Bonchev–Trinajstić information content (AvgIpc) is 3.13. The molecule has 0 aliphatic carbocycles. The van der Waals surface area contributed by atoms with Crippen molar-refractivity contribution in [2.45, 2.75) is 32.4 Å². The number of hydrogen-bond acceptors (Lipinski definition) is 8. The van der Waals surface area contributed by atoms with Gasteiger partial charge in [0.2, 0.25) is 11.8 Å². The number of nitrogens with zero attached hydrogens (tertiary/aromatic N) is 4. The first-order valence-electron chi connectivity index (χ1n) is 11.6. The van der Waals surface area contributed by atoms with Crippen LogP contribution in [0.2, 0.25) is 0 Å². The van der Waals surface area contributed by atoms with Crippen LogP contribution in [0.4, 0.5) is 21.7 Å². The zero-order valence-electron chi connectivity index (χ0n) is 19.5. The van der Waals surface area contributed by atoms with E-state index in [0.717, 1.165) is 16.8 Å². The number of pyridine rings is 2. The third-order valence-electron chi connectivity index (χ3n) is 6.68. The lowest BCUT2D eigenvalue weighted by Crippen LogP contribution is -2.26. The molecule has 0 fully saturated rings. The van der Waals surface area contributed by atoms with Crippen LogP contribution in [0.15, 0.2) is 30.6 Å². The van der Waals surface area contributed by atoms with Crippen molar-refractivity contribution < 1.29 is 19.0 Å². The molecule has 1 aromatic carbocycles. The first-order valence-corrected chi connectivity index (χ1v) is 11.6. The van der Waals surface area contributed by atoms with Crippen molar-refractivity contribution in [3.63, 3.8) is 0 Å².